The number of nitrogens with zero attached hydrogens (tertiary/aromatic N) is 2. The molecule has 2 atom stereocenters. The fourth-order valence-corrected chi connectivity index (χ4v) is 3.82. The van der Waals surface area contributed by atoms with Gasteiger partial charge in [0.05, 0.1) is 11.2 Å². The van der Waals surface area contributed by atoms with Gasteiger partial charge in [-0.1, -0.05) is 5.57 Å². The number of ketones is 1. The first-order valence-electron chi connectivity index (χ1n) is 7.27. The highest BCUT2D eigenvalue weighted by atomic mass is 16.2. The van der Waals surface area contributed by atoms with Crippen molar-refractivity contribution in [2.75, 3.05) is 13.6 Å². The molecule has 4 rings (SSSR count). The van der Waals surface area contributed by atoms with Gasteiger partial charge in [0.2, 0.25) is 0 Å². The molecule has 1 aromatic rings. The molecule has 2 fully saturated rings. The molecule has 1 saturated carbocycles. The van der Waals surface area contributed by atoms with Crippen molar-refractivity contribution in [3.8, 4) is 0 Å². The predicted octanol–water partition coefficient (Wildman–Crippen LogP) is 1.28. The van der Waals surface area contributed by atoms with Crippen LogP contribution in [0.4, 0.5) is 4.79 Å². The fourth-order valence-electron chi connectivity index (χ4n) is 3.82. The molecule has 0 radical (unpaired) electrons. The maximum Gasteiger partial charge on any atom is 0.317 e. The number of nitrogens with one attached hydrogen (secondary N) is 1. The van der Waals surface area contributed by atoms with Gasteiger partial charge in [0.1, 0.15) is 5.69 Å². The molecule has 0 bridgehead atoms. The number of amides is 2. The molecule has 2 aliphatic carbocycles. The molecular formula is C16H15N3O3. The molecule has 1 aliphatic heterocycles. The van der Waals surface area contributed by atoms with Gasteiger partial charge in [-0.05, 0) is 31.1 Å². The lowest BCUT2D eigenvalue weighted by Gasteiger charge is -2.29. The van der Waals surface area contributed by atoms with Crippen molar-refractivity contribution in [2.45, 2.75) is 18.4 Å². The normalized spacial score (nSPS) is 29.2. The molecule has 112 valence electrons. The number of hydrogen-bond donors (Lipinski definition) is 1. The van der Waals surface area contributed by atoms with Crippen molar-refractivity contribution in [3.05, 3.63) is 34.7 Å². The molecule has 2 unspecified atom stereocenters. The smallest absolute Gasteiger partial charge is 0.317 e. The largest absolute Gasteiger partial charge is 0.336 e. The average molecular weight is 297 g/mol. The number of pyridine rings is 1. The van der Waals surface area contributed by atoms with Crippen LogP contribution in [0.25, 0.3) is 6.08 Å². The Labute approximate surface area is 127 Å². The summed E-state index contributed by atoms with van der Waals surface area (Å²) in [6, 6.07) is 3.15. The molecule has 22 heavy (non-hydrogen) atoms. The Kier molecular flexibility index (Phi) is 2.55. The topological polar surface area (TPSA) is 79.4 Å². The van der Waals surface area contributed by atoms with Crippen LogP contribution >= 0.6 is 0 Å². The molecule has 3 aliphatic rings. The zero-order chi connectivity index (χ0) is 15.5. The number of likely N-dealkylation sites (N-methyl/N-ethyl adjacent to an activating group) is 1. The third-order valence-electron chi connectivity index (χ3n) is 5.12. The fraction of sp³-hybridized carbons (Fsp3) is 0.375. The lowest BCUT2D eigenvalue weighted by Crippen LogP contribution is -2.42. The number of carbonyl (C=O) groups is 3. The highest BCUT2D eigenvalue weighted by Crippen LogP contribution is 2.47. The number of hydrogen-bond acceptors (Lipinski definition) is 4. The van der Waals surface area contributed by atoms with Crippen LogP contribution in [0, 0.1) is 5.92 Å². The molecule has 2 amide bonds. The van der Waals surface area contributed by atoms with Crippen molar-refractivity contribution < 1.29 is 14.4 Å². The van der Waals surface area contributed by atoms with E-state index in [1.54, 1.807) is 24.1 Å². The van der Waals surface area contributed by atoms with Crippen molar-refractivity contribution >= 4 is 24.2 Å². The van der Waals surface area contributed by atoms with Crippen LogP contribution in [0.3, 0.4) is 0 Å². The van der Waals surface area contributed by atoms with Gasteiger partial charge in [-0.25, -0.2) is 9.78 Å². The molecule has 1 N–H and O–H groups in total. The highest BCUT2D eigenvalue weighted by Gasteiger charge is 2.53. The molecule has 6 heteroatoms. The third kappa shape index (κ3) is 1.60. The maximum atomic E-state index is 12.7. The van der Waals surface area contributed by atoms with Gasteiger partial charge in [0.15, 0.2) is 12.1 Å². The van der Waals surface area contributed by atoms with Gasteiger partial charge >= 0.3 is 6.03 Å². The van der Waals surface area contributed by atoms with E-state index in [-0.39, 0.29) is 23.3 Å². The van der Waals surface area contributed by atoms with Crippen LogP contribution in [0.2, 0.25) is 0 Å². The maximum absolute atomic E-state index is 12.7. The molecule has 2 heterocycles. The Morgan fingerprint density at radius 3 is 2.91 bits per heavy atom. The molecule has 1 saturated heterocycles. The summed E-state index contributed by atoms with van der Waals surface area (Å²) in [5.74, 6) is -0.145. The summed E-state index contributed by atoms with van der Waals surface area (Å²) >= 11 is 0. The van der Waals surface area contributed by atoms with E-state index in [1.807, 2.05) is 6.08 Å². The summed E-state index contributed by atoms with van der Waals surface area (Å²) in [7, 11) is 1.78. The van der Waals surface area contributed by atoms with Crippen LogP contribution in [0.15, 0.2) is 17.7 Å². The molecule has 6 nitrogen and oxygen atoms in total. The van der Waals surface area contributed by atoms with Gasteiger partial charge < -0.3 is 10.2 Å². The minimum atomic E-state index is -0.321. The zero-order valence-corrected chi connectivity index (χ0v) is 12.1. The van der Waals surface area contributed by atoms with E-state index in [0.717, 1.165) is 5.57 Å². The molecule has 1 spiro atoms. The highest BCUT2D eigenvalue weighted by molar-refractivity contribution is 6.06. The Hall–Kier alpha value is -2.50. The minimum Gasteiger partial charge on any atom is -0.336 e. The monoisotopic (exact) mass is 297 g/mol. The first-order valence-corrected chi connectivity index (χ1v) is 7.27. The molecule has 1 aromatic heterocycles. The van der Waals surface area contributed by atoms with Gasteiger partial charge in [-0.15, -0.1) is 0 Å². The van der Waals surface area contributed by atoms with Gasteiger partial charge in [-0.3, -0.25) is 9.59 Å². The van der Waals surface area contributed by atoms with Crippen molar-refractivity contribution in [1.82, 2.24) is 15.2 Å². The third-order valence-corrected chi connectivity index (χ3v) is 5.12. The SMILES string of the molecule is CN1C(=O)NCC12CC1=Cc3nc(C=O)ccc3C(=O)C1C2. The number of aldehydes is 1. The van der Waals surface area contributed by atoms with Crippen LogP contribution in [0.5, 0.6) is 0 Å². The lowest BCUT2D eigenvalue weighted by molar-refractivity contribution is 0.0920. The van der Waals surface area contributed by atoms with Crippen LogP contribution in [0.1, 0.15) is 39.4 Å². The van der Waals surface area contributed by atoms with Crippen LogP contribution in [-0.2, 0) is 0 Å². The molecular weight excluding hydrogens is 282 g/mol. The van der Waals surface area contributed by atoms with Gasteiger partial charge in [0, 0.05) is 25.1 Å². The average Bonchev–Trinajstić information content (AvgIpc) is 3.03. The summed E-state index contributed by atoms with van der Waals surface area (Å²) in [6.45, 7) is 0.562. The number of carbonyl (C=O) groups excluding carboxylic acids is 3. The number of rotatable bonds is 1. The predicted molar refractivity (Wildman–Crippen MR) is 78.5 cm³/mol. The van der Waals surface area contributed by atoms with Crippen LogP contribution < -0.4 is 5.32 Å². The Morgan fingerprint density at radius 1 is 1.41 bits per heavy atom. The van der Waals surface area contributed by atoms with E-state index in [2.05, 4.69) is 10.3 Å². The lowest BCUT2D eigenvalue weighted by atomic mass is 9.86. The van der Waals surface area contributed by atoms with Crippen LogP contribution in [-0.4, -0.2) is 47.1 Å². The van der Waals surface area contributed by atoms with E-state index in [0.29, 0.717) is 42.6 Å². The summed E-state index contributed by atoms with van der Waals surface area (Å²) in [6.07, 6.45) is 3.91. The van der Waals surface area contributed by atoms with Crippen molar-refractivity contribution in [3.63, 3.8) is 0 Å². The summed E-state index contributed by atoms with van der Waals surface area (Å²) in [5, 5.41) is 2.85. The van der Waals surface area contributed by atoms with E-state index >= 15 is 0 Å². The number of urea groups is 1. The first kappa shape index (κ1) is 13.2. The standard InChI is InChI=1S/C16H15N3O3/c1-19-15(22)17-8-16(19)5-9-4-13-11(14(21)12(9)6-16)3-2-10(7-20)18-13/h2-4,7,12H,5-6,8H2,1H3,(H,17,22). The molecule has 0 aromatic carbocycles. The van der Waals surface area contributed by atoms with E-state index < -0.39 is 0 Å². The number of Topliss-reactive ketones (excluding diaryl/α,β-unsaturated/α-hetero) is 1. The van der Waals surface area contributed by atoms with Gasteiger partial charge in [-0.2, -0.15) is 0 Å². The van der Waals surface area contributed by atoms with Crippen molar-refractivity contribution in [1.29, 1.82) is 0 Å². The Balaban J connectivity index is 1.76. The second kappa shape index (κ2) is 4.25. The Bertz CT molecular complexity index is 755. The minimum absolute atomic E-state index is 0.0436. The first-order chi connectivity index (χ1) is 10.5. The zero-order valence-electron chi connectivity index (χ0n) is 12.1. The second-order valence-electron chi connectivity index (χ2n) is 6.25. The Morgan fingerprint density at radius 2 is 2.23 bits per heavy atom. The second-order valence-corrected chi connectivity index (χ2v) is 6.25. The summed E-state index contributed by atoms with van der Waals surface area (Å²) in [5.41, 5.74) is 2.15. The number of fused-ring (bicyclic) bond motifs is 2. The van der Waals surface area contributed by atoms with Crippen molar-refractivity contribution in [2.24, 2.45) is 5.92 Å². The number of aromatic nitrogens is 1. The van der Waals surface area contributed by atoms with Gasteiger partial charge in [0.25, 0.3) is 0 Å². The quantitative estimate of drug-likeness (QED) is 0.792. The van der Waals surface area contributed by atoms with E-state index in [1.165, 1.54) is 0 Å². The van der Waals surface area contributed by atoms with E-state index in [4.69, 9.17) is 0 Å². The summed E-state index contributed by atoms with van der Waals surface area (Å²) < 4.78 is 0. The summed E-state index contributed by atoms with van der Waals surface area (Å²) in [4.78, 5) is 41.3. The van der Waals surface area contributed by atoms with E-state index in [9.17, 15) is 14.4 Å².